The predicted octanol–water partition coefficient (Wildman–Crippen LogP) is 0.651. The van der Waals surface area contributed by atoms with Crippen molar-refractivity contribution in [2.24, 2.45) is 0 Å². The van der Waals surface area contributed by atoms with Crippen molar-refractivity contribution in [3.05, 3.63) is 30.1 Å². The van der Waals surface area contributed by atoms with E-state index >= 15 is 0 Å². The van der Waals surface area contributed by atoms with Crippen molar-refractivity contribution in [3.63, 3.8) is 0 Å². The van der Waals surface area contributed by atoms with Gasteiger partial charge in [0, 0.05) is 5.69 Å². The maximum absolute atomic E-state index is 12.6. The first-order valence-electron chi connectivity index (χ1n) is 5.34. The summed E-state index contributed by atoms with van der Waals surface area (Å²) in [6.45, 7) is 2.87. The van der Waals surface area contributed by atoms with E-state index in [4.69, 9.17) is 5.11 Å². The second kappa shape index (κ2) is 5.59. The Morgan fingerprint density at radius 3 is 2.28 bits per heavy atom. The molecular formula is C12H15FN2O3. The molecule has 0 saturated heterocycles. The topological polar surface area (TPSA) is 78.4 Å². The number of hydrogen-bond acceptors (Lipinski definition) is 3. The summed E-state index contributed by atoms with van der Waals surface area (Å²) in [5, 5.41) is 13.6. The molecule has 1 aromatic rings. The zero-order chi connectivity index (χ0) is 13.8. The molecular weight excluding hydrogens is 239 g/mol. The average Bonchev–Trinajstić information content (AvgIpc) is 2.31. The second-order valence-corrected chi connectivity index (χ2v) is 4.46. The molecule has 0 aliphatic rings. The van der Waals surface area contributed by atoms with E-state index in [1.54, 1.807) is 13.8 Å². The number of amides is 2. The normalized spacial score (nSPS) is 10.9. The maximum atomic E-state index is 12.6. The lowest BCUT2D eigenvalue weighted by atomic mass is 10.1. The molecule has 3 N–H and O–H groups in total. The van der Waals surface area contributed by atoms with Gasteiger partial charge in [-0.3, -0.25) is 9.59 Å². The third-order valence-corrected chi connectivity index (χ3v) is 2.16. The predicted molar refractivity (Wildman–Crippen MR) is 64.3 cm³/mol. The van der Waals surface area contributed by atoms with Gasteiger partial charge in [0.05, 0.1) is 12.1 Å². The van der Waals surface area contributed by atoms with Crippen LogP contribution in [0.25, 0.3) is 0 Å². The summed E-state index contributed by atoms with van der Waals surface area (Å²) in [6, 6.07) is 5.03. The van der Waals surface area contributed by atoms with E-state index in [0.717, 1.165) is 0 Å². The van der Waals surface area contributed by atoms with Crippen molar-refractivity contribution in [1.82, 2.24) is 5.32 Å². The number of carbonyl (C=O) groups excluding carboxylic acids is 2. The third-order valence-electron chi connectivity index (χ3n) is 2.16. The van der Waals surface area contributed by atoms with Crippen molar-refractivity contribution in [3.8, 4) is 0 Å². The van der Waals surface area contributed by atoms with Gasteiger partial charge in [-0.05, 0) is 38.1 Å². The fourth-order valence-electron chi connectivity index (χ4n) is 1.12. The van der Waals surface area contributed by atoms with E-state index in [2.05, 4.69) is 10.6 Å². The third kappa shape index (κ3) is 4.14. The quantitative estimate of drug-likeness (QED) is 0.693. The number of aliphatic hydroxyl groups excluding tert-OH is 1. The second-order valence-electron chi connectivity index (χ2n) is 4.46. The maximum Gasteiger partial charge on any atom is 0.313 e. The lowest BCUT2D eigenvalue weighted by Crippen LogP contribution is -2.50. The highest BCUT2D eigenvalue weighted by Crippen LogP contribution is 2.08. The minimum atomic E-state index is -0.878. The van der Waals surface area contributed by atoms with Crippen LogP contribution >= 0.6 is 0 Å². The average molecular weight is 254 g/mol. The molecule has 0 aliphatic carbocycles. The van der Waals surface area contributed by atoms with Crippen molar-refractivity contribution < 1.29 is 19.1 Å². The molecule has 0 bridgehead atoms. The molecule has 2 amide bonds. The number of aliphatic hydroxyl groups is 1. The molecule has 1 rings (SSSR count). The highest BCUT2D eigenvalue weighted by atomic mass is 19.1. The van der Waals surface area contributed by atoms with E-state index in [-0.39, 0.29) is 6.61 Å². The van der Waals surface area contributed by atoms with Gasteiger partial charge in [-0.2, -0.15) is 0 Å². The molecule has 6 heteroatoms. The van der Waals surface area contributed by atoms with Crippen LogP contribution in [0.15, 0.2) is 24.3 Å². The van der Waals surface area contributed by atoms with E-state index in [0.29, 0.717) is 5.69 Å². The van der Waals surface area contributed by atoms with Crippen LogP contribution < -0.4 is 10.6 Å². The number of hydrogen-bond donors (Lipinski definition) is 3. The van der Waals surface area contributed by atoms with Crippen LogP contribution in [0.5, 0.6) is 0 Å². The molecule has 5 nitrogen and oxygen atoms in total. The number of halogens is 1. The molecule has 18 heavy (non-hydrogen) atoms. The first kappa shape index (κ1) is 14.1. The lowest BCUT2D eigenvalue weighted by molar-refractivity contribution is -0.137. The molecule has 0 unspecified atom stereocenters. The molecule has 0 saturated carbocycles. The van der Waals surface area contributed by atoms with Crippen molar-refractivity contribution in [2.45, 2.75) is 19.4 Å². The smallest absolute Gasteiger partial charge is 0.313 e. The summed E-state index contributed by atoms with van der Waals surface area (Å²) >= 11 is 0. The standard InChI is InChI=1S/C12H15FN2O3/c1-12(2,7-16)15-11(18)10(17)14-9-5-3-8(13)4-6-9/h3-6,16H,7H2,1-2H3,(H,14,17)(H,15,18). The van der Waals surface area contributed by atoms with E-state index in [1.165, 1.54) is 24.3 Å². The van der Waals surface area contributed by atoms with Gasteiger partial charge in [0.25, 0.3) is 0 Å². The van der Waals surface area contributed by atoms with Gasteiger partial charge in [-0.15, -0.1) is 0 Å². The van der Waals surface area contributed by atoms with Crippen molar-refractivity contribution in [1.29, 1.82) is 0 Å². The minimum Gasteiger partial charge on any atom is -0.394 e. The fraction of sp³-hybridized carbons (Fsp3) is 0.333. The van der Waals surface area contributed by atoms with Gasteiger partial charge >= 0.3 is 11.8 Å². The van der Waals surface area contributed by atoms with Gasteiger partial charge < -0.3 is 15.7 Å². The van der Waals surface area contributed by atoms with Crippen LogP contribution in [-0.2, 0) is 9.59 Å². The highest BCUT2D eigenvalue weighted by Gasteiger charge is 2.23. The number of rotatable bonds is 3. The van der Waals surface area contributed by atoms with Gasteiger partial charge in [0.2, 0.25) is 0 Å². The number of nitrogens with one attached hydrogen (secondary N) is 2. The fourth-order valence-corrected chi connectivity index (χ4v) is 1.12. The van der Waals surface area contributed by atoms with Crippen LogP contribution in [0.1, 0.15) is 13.8 Å². The van der Waals surface area contributed by atoms with Gasteiger partial charge in [-0.25, -0.2) is 4.39 Å². The highest BCUT2D eigenvalue weighted by molar-refractivity contribution is 6.39. The summed E-state index contributed by atoms with van der Waals surface area (Å²) in [5.74, 6) is -2.17. The molecule has 0 fully saturated rings. The monoisotopic (exact) mass is 254 g/mol. The molecule has 98 valence electrons. The number of carbonyl (C=O) groups is 2. The minimum absolute atomic E-state index is 0.289. The van der Waals surface area contributed by atoms with Gasteiger partial charge in [-0.1, -0.05) is 0 Å². The molecule has 0 spiro atoms. The van der Waals surface area contributed by atoms with E-state index in [1.807, 2.05) is 0 Å². The number of benzene rings is 1. The Morgan fingerprint density at radius 1 is 1.22 bits per heavy atom. The van der Waals surface area contributed by atoms with Crippen LogP contribution in [-0.4, -0.2) is 29.1 Å². The Morgan fingerprint density at radius 2 is 1.78 bits per heavy atom. The van der Waals surface area contributed by atoms with Crippen LogP contribution in [0.4, 0.5) is 10.1 Å². The largest absolute Gasteiger partial charge is 0.394 e. The Bertz CT molecular complexity index is 443. The molecule has 0 aliphatic heterocycles. The molecule has 0 radical (unpaired) electrons. The number of anilines is 1. The lowest BCUT2D eigenvalue weighted by Gasteiger charge is -2.22. The summed E-state index contributed by atoms with van der Waals surface area (Å²) in [7, 11) is 0. The van der Waals surface area contributed by atoms with Gasteiger partial charge in [0.15, 0.2) is 0 Å². The summed E-state index contributed by atoms with van der Waals surface area (Å²) < 4.78 is 12.6. The summed E-state index contributed by atoms with van der Waals surface area (Å²) in [6.07, 6.45) is 0. The van der Waals surface area contributed by atoms with Crippen LogP contribution in [0.3, 0.4) is 0 Å². The molecule has 0 heterocycles. The first-order valence-corrected chi connectivity index (χ1v) is 5.34. The van der Waals surface area contributed by atoms with Crippen molar-refractivity contribution in [2.75, 3.05) is 11.9 Å². The van der Waals surface area contributed by atoms with Crippen LogP contribution in [0, 0.1) is 5.82 Å². The Kier molecular flexibility index (Phi) is 4.38. The zero-order valence-electron chi connectivity index (χ0n) is 10.2. The molecule has 1 aromatic carbocycles. The van der Waals surface area contributed by atoms with Crippen LogP contribution in [0.2, 0.25) is 0 Å². The molecule has 0 aromatic heterocycles. The first-order chi connectivity index (χ1) is 8.34. The zero-order valence-corrected chi connectivity index (χ0v) is 10.2. The summed E-state index contributed by atoms with van der Waals surface area (Å²) in [4.78, 5) is 23.0. The van der Waals surface area contributed by atoms with Crippen molar-refractivity contribution >= 4 is 17.5 Å². The Balaban J connectivity index is 2.60. The Labute approximate surface area is 104 Å². The van der Waals surface area contributed by atoms with E-state index in [9.17, 15) is 14.0 Å². The SMILES string of the molecule is CC(C)(CO)NC(=O)C(=O)Nc1ccc(F)cc1. The summed E-state index contributed by atoms with van der Waals surface area (Å²) in [5.41, 5.74) is -0.560. The van der Waals surface area contributed by atoms with E-state index < -0.39 is 23.2 Å². The van der Waals surface area contributed by atoms with Gasteiger partial charge in [0.1, 0.15) is 5.82 Å². The Hall–Kier alpha value is -1.95. The molecule has 0 atom stereocenters.